The molecule has 1 aromatic carbocycles. The number of rotatable bonds is 10. The first-order chi connectivity index (χ1) is 12.3. The second-order valence-electron chi connectivity index (χ2n) is 6.04. The van der Waals surface area contributed by atoms with Crippen molar-refractivity contribution >= 4 is 23.6 Å². The van der Waals surface area contributed by atoms with E-state index >= 15 is 0 Å². The minimum atomic E-state index is -0.494. The van der Waals surface area contributed by atoms with Gasteiger partial charge in [0.2, 0.25) is 11.8 Å². The third kappa shape index (κ3) is 7.46. The normalized spacial score (nSPS) is 11.3. The smallest absolute Gasteiger partial charge is 0.310 e. The summed E-state index contributed by atoms with van der Waals surface area (Å²) in [7, 11) is 1.29. The van der Waals surface area contributed by atoms with E-state index in [0.717, 1.165) is 0 Å². The van der Waals surface area contributed by atoms with Crippen molar-refractivity contribution in [1.29, 1.82) is 0 Å². The maximum absolute atomic E-state index is 12.5. The summed E-state index contributed by atoms with van der Waals surface area (Å²) in [4.78, 5) is 48.8. The lowest BCUT2D eigenvalue weighted by atomic mass is 10.1. The van der Waals surface area contributed by atoms with Crippen LogP contribution in [0.1, 0.15) is 37.0 Å². The number of Topliss-reactive ketones (excluding diaryl/α,β-unsaturated/α-hetero) is 1. The van der Waals surface area contributed by atoms with Gasteiger partial charge in [0.05, 0.1) is 13.0 Å². The van der Waals surface area contributed by atoms with E-state index in [4.69, 9.17) is 4.74 Å². The van der Waals surface area contributed by atoms with Gasteiger partial charge in [-0.2, -0.15) is 0 Å². The lowest BCUT2D eigenvalue weighted by Crippen LogP contribution is -2.42. The minimum Gasteiger partial charge on any atom is -0.469 e. The molecule has 0 saturated carbocycles. The fraction of sp³-hybridized carbons (Fsp3) is 0.474. The van der Waals surface area contributed by atoms with E-state index in [1.54, 1.807) is 31.2 Å². The number of carbonyl (C=O) groups is 4. The average Bonchev–Trinajstić information content (AvgIpc) is 2.64. The molecule has 1 atom stereocenters. The molecule has 1 unspecified atom stereocenters. The molecule has 0 spiro atoms. The quantitative estimate of drug-likeness (QED) is 0.502. The molecule has 0 aliphatic rings. The number of ether oxygens (including phenoxy) is 1. The van der Waals surface area contributed by atoms with E-state index in [9.17, 15) is 19.2 Å². The van der Waals surface area contributed by atoms with Gasteiger partial charge >= 0.3 is 5.97 Å². The highest BCUT2D eigenvalue weighted by molar-refractivity contribution is 5.97. The molecule has 0 aromatic heterocycles. The van der Waals surface area contributed by atoms with E-state index < -0.39 is 11.9 Å². The van der Waals surface area contributed by atoms with Gasteiger partial charge in [0.1, 0.15) is 0 Å². The standard InChI is InChI=1S/C19H26N2O5/c1-14(19(25)26-3)13-21(12-11-20-15(2)22)18(24)10-9-17(23)16-7-5-4-6-8-16/h4-8,14H,9-13H2,1-3H3,(H,20,22). The average molecular weight is 362 g/mol. The van der Waals surface area contributed by atoms with E-state index in [1.807, 2.05) is 6.07 Å². The summed E-state index contributed by atoms with van der Waals surface area (Å²) in [6.07, 6.45) is 0.133. The third-order valence-corrected chi connectivity index (χ3v) is 3.87. The van der Waals surface area contributed by atoms with E-state index in [2.05, 4.69) is 5.32 Å². The lowest BCUT2D eigenvalue weighted by Gasteiger charge is -2.25. The van der Waals surface area contributed by atoms with Crippen molar-refractivity contribution in [3.8, 4) is 0 Å². The Balaban J connectivity index is 2.64. The zero-order valence-corrected chi connectivity index (χ0v) is 15.5. The summed E-state index contributed by atoms with van der Waals surface area (Å²) >= 11 is 0. The monoisotopic (exact) mass is 362 g/mol. The van der Waals surface area contributed by atoms with Crippen LogP contribution in [0.2, 0.25) is 0 Å². The first-order valence-electron chi connectivity index (χ1n) is 8.53. The molecule has 1 aromatic rings. The van der Waals surface area contributed by atoms with Crippen LogP contribution in [0.3, 0.4) is 0 Å². The zero-order chi connectivity index (χ0) is 19.5. The fourth-order valence-electron chi connectivity index (χ4n) is 2.44. The van der Waals surface area contributed by atoms with Gasteiger partial charge in [-0.05, 0) is 0 Å². The molecular formula is C19H26N2O5. The molecular weight excluding hydrogens is 336 g/mol. The predicted octanol–water partition coefficient (Wildman–Crippen LogP) is 1.42. The number of nitrogens with zero attached hydrogens (tertiary/aromatic N) is 1. The summed E-state index contributed by atoms with van der Waals surface area (Å²) in [6.45, 7) is 3.77. The molecule has 142 valence electrons. The number of esters is 1. The number of carbonyl (C=O) groups excluding carboxylic acids is 4. The number of nitrogens with one attached hydrogen (secondary N) is 1. The lowest BCUT2D eigenvalue weighted by molar-refractivity contribution is -0.146. The van der Waals surface area contributed by atoms with E-state index in [-0.39, 0.29) is 50.1 Å². The van der Waals surface area contributed by atoms with Crippen molar-refractivity contribution in [2.75, 3.05) is 26.7 Å². The van der Waals surface area contributed by atoms with Crippen molar-refractivity contribution in [2.45, 2.75) is 26.7 Å². The van der Waals surface area contributed by atoms with Gasteiger partial charge in [-0.3, -0.25) is 19.2 Å². The van der Waals surface area contributed by atoms with Crippen LogP contribution in [-0.2, 0) is 19.1 Å². The van der Waals surface area contributed by atoms with Gasteiger partial charge < -0.3 is 15.0 Å². The molecule has 0 heterocycles. The molecule has 26 heavy (non-hydrogen) atoms. The summed E-state index contributed by atoms with van der Waals surface area (Å²) in [5, 5.41) is 2.62. The maximum atomic E-state index is 12.5. The first kappa shape index (κ1) is 21.3. The van der Waals surface area contributed by atoms with Gasteiger partial charge in [0, 0.05) is 45.0 Å². The Labute approximate surface area is 153 Å². The topological polar surface area (TPSA) is 92.8 Å². The largest absolute Gasteiger partial charge is 0.469 e. The number of benzene rings is 1. The van der Waals surface area contributed by atoms with Gasteiger partial charge in [-0.1, -0.05) is 37.3 Å². The van der Waals surface area contributed by atoms with Crippen molar-refractivity contribution < 1.29 is 23.9 Å². The summed E-state index contributed by atoms with van der Waals surface area (Å²) in [5.74, 6) is -1.45. The van der Waals surface area contributed by atoms with Crippen LogP contribution >= 0.6 is 0 Å². The van der Waals surface area contributed by atoms with Crippen LogP contribution in [0, 0.1) is 5.92 Å². The molecule has 1 rings (SSSR count). The number of methoxy groups -OCH3 is 1. The highest BCUT2D eigenvalue weighted by atomic mass is 16.5. The van der Waals surface area contributed by atoms with Gasteiger partial charge in [0.15, 0.2) is 5.78 Å². The van der Waals surface area contributed by atoms with Crippen LogP contribution in [0.5, 0.6) is 0 Å². The second-order valence-corrected chi connectivity index (χ2v) is 6.04. The highest BCUT2D eigenvalue weighted by Crippen LogP contribution is 2.09. The van der Waals surface area contributed by atoms with Gasteiger partial charge in [0.25, 0.3) is 0 Å². The molecule has 0 bridgehead atoms. The van der Waals surface area contributed by atoms with Crippen LogP contribution in [0.15, 0.2) is 30.3 Å². The minimum absolute atomic E-state index is 0.0433. The second kappa shape index (κ2) is 11.0. The highest BCUT2D eigenvalue weighted by Gasteiger charge is 2.22. The summed E-state index contributed by atoms with van der Waals surface area (Å²) in [6, 6.07) is 8.78. The van der Waals surface area contributed by atoms with Crippen molar-refractivity contribution in [1.82, 2.24) is 10.2 Å². The van der Waals surface area contributed by atoms with Crippen LogP contribution in [0.4, 0.5) is 0 Å². The summed E-state index contributed by atoms with van der Waals surface area (Å²) in [5.41, 5.74) is 0.563. The molecule has 0 aliphatic heterocycles. The maximum Gasteiger partial charge on any atom is 0.310 e. The fourth-order valence-corrected chi connectivity index (χ4v) is 2.44. The van der Waals surface area contributed by atoms with Gasteiger partial charge in [-0.25, -0.2) is 0 Å². The Morgan fingerprint density at radius 2 is 1.77 bits per heavy atom. The molecule has 0 radical (unpaired) electrons. The van der Waals surface area contributed by atoms with Gasteiger partial charge in [-0.15, -0.1) is 0 Å². The molecule has 7 nitrogen and oxygen atoms in total. The number of amides is 2. The Bertz CT molecular complexity index is 630. The molecule has 0 fully saturated rings. The van der Waals surface area contributed by atoms with E-state index in [0.29, 0.717) is 5.56 Å². The SMILES string of the molecule is COC(=O)C(C)CN(CCNC(C)=O)C(=O)CCC(=O)c1ccccc1. The Morgan fingerprint density at radius 3 is 2.35 bits per heavy atom. The Hall–Kier alpha value is -2.70. The number of hydrogen-bond donors (Lipinski definition) is 1. The molecule has 0 saturated heterocycles. The number of ketones is 1. The van der Waals surface area contributed by atoms with Crippen molar-refractivity contribution in [2.24, 2.45) is 5.92 Å². The van der Waals surface area contributed by atoms with Crippen molar-refractivity contribution in [3.05, 3.63) is 35.9 Å². The zero-order valence-electron chi connectivity index (χ0n) is 15.5. The Kier molecular flexibility index (Phi) is 9.05. The van der Waals surface area contributed by atoms with Crippen LogP contribution in [0.25, 0.3) is 0 Å². The summed E-state index contributed by atoms with van der Waals surface area (Å²) < 4.78 is 4.69. The molecule has 1 N–H and O–H groups in total. The molecule has 0 aliphatic carbocycles. The van der Waals surface area contributed by atoms with E-state index in [1.165, 1.54) is 18.9 Å². The third-order valence-electron chi connectivity index (χ3n) is 3.87. The molecule has 7 heteroatoms. The first-order valence-corrected chi connectivity index (χ1v) is 8.53. The predicted molar refractivity (Wildman–Crippen MR) is 96.5 cm³/mol. The van der Waals surface area contributed by atoms with Crippen LogP contribution < -0.4 is 5.32 Å². The van der Waals surface area contributed by atoms with Crippen LogP contribution in [-0.4, -0.2) is 55.2 Å². The molecule has 2 amide bonds. The number of hydrogen-bond acceptors (Lipinski definition) is 5. The van der Waals surface area contributed by atoms with Crippen molar-refractivity contribution in [3.63, 3.8) is 0 Å². The Morgan fingerprint density at radius 1 is 1.12 bits per heavy atom.